The second-order valence-electron chi connectivity index (χ2n) is 9.65. The first kappa shape index (κ1) is 26.3. The fraction of sp³-hybridized carbons (Fsp3) is 0.609. The Hall–Kier alpha value is -3.31. The molecule has 0 radical (unpaired) electrons. The number of nitrogens with zero attached hydrogens (tertiary/aromatic N) is 3. The highest BCUT2D eigenvalue weighted by Gasteiger charge is 2.36. The van der Waals surface area contributed by atoms with E-state index in [0.29, 0.717) is 0 Å². The number of ether oxygens (including phenoxy) is 3. The molecule has 1 aromatic carbocycles. The SMILES string of the molecule is CC(C)OC(=O)NC[C@H]1COC(=O)N1c1cc(F)c(N2CCN(C(=O)OC(C)(C)C)CC2)c(F)c1. The van der Waals surface area contributed by atoms with Crippen LogP contribution in [0.3, 0.4) is 0 Å². The third-order valence-electron chi connectivity index (χ3n) is 5.31. The molecule has 2 fully saturated rings. The minimum absolute atomic E-state index is 0.0189. The van der Waals surface area contributed by atoms with Crippen molar-refractivity contribution < 1.29 is 37.4 Å². The molecular weight excluding hydrogens is 466 g/mol. The first-order chi connectivity index (χ1) is 16.4. The molecule has 0 spiro atoms. The molecule has 0 aliphatic carbocycles. The van der Waals surface area contributed by atoms with Gasteiger partial charge in [0, 0.05) is 44.9 Å². The summed E-state index contributed by atoms with van der Waals surface area (Å²) in [5.74, 6) is -1.70. The molecule has 1 N–H and O–H groups in total. The number of halogens is 2. The number of piperazine rings is 1. The zero-order chi connectivity index (χ0) is 25.9. The summed E-state index contributed by atoms with van der Waals surface area (Å²) >= 11 is 0. The number of nitrogens with one attached hydrogen (secondary N) is 1. The number of carbonyl (C=O) groups is 3. The minimum Gasteiger partial charge on any atom is -0.447 e. The van der Waals surface area contributed by atoms with Gasteiger partial charge >= 0.3 is 18.3 Å². The predicted octanol–water partition coefficient (Wildman–Crippen LogP) is 3.48. The van der Waals surface area contributed by atoms with Crippen LogP contribution in [0.15, 0.2) is 12.1 Å². The summed E-state index contributed by atoms with van der Waals surface area (Å²) in [6.45, 7) is 9.52. The topological polar surface area (TPSA) is 101 Å². The maximum absolute atomic E-state index is 15.1. The molecule has 2 heterocycles. The van der Waals surface area contributed by atoms with Crippen LogP contribution in [-0.2, 0) is 14.2 Å². The lowest BCUT2D eigenvalue weighted by atomic mass is 10.1. The van der Waals surface area contributed by atoms with E-state index in [-0.39, 0.29) is 56.8 Å². The van der Waals surface area contributed by atoms with Crippen molar-refractivity contribution in [1.82, 2.24) is 10.2 Å². The van der Waals surface area contributed by atoms with Gasteiger partial charge in [0.05, 0.1) is 17.8 Å². The second kappa shape index (κ2) is 10.5. The summed E-state index contributed by atoms with van der Waals surface area (Å²) in [4.78, 5) is 40.4. The Balaban J connectivity index is 1.68. The lowest BCUT2D eigenvalue weighted by Gasteiger charge is -2.37. The Bertz CT molecular complexity index is 937. The molecule has 10 nitrogen and oxygen atoms in total. The quantitative estimate of drug-likeness (QED) is 0.621. The molecule has 2 aliphatic rings. The van der Waals surface area contributed by atoms with Gasteiger partial charge < -0.3 is 29.3 Å². The number of amides is 3. The summed E-state index contributed by atoms with van der Waals surface area (Å²) in [6.07, 6.45) is -2.24. The van der Waals surface area contributed by atoms with Gasteiger partial charge in [-0.15, -0.1) is 0 Å². The molecule has 1 atom stereocenters. The van der Waals surface area contributed by atoms with E-state index < -0.39 is 41.6 Å². The first-order valence-corrected chi connectivity index (χ1v) is 11.5. The number of alkyl carbamates (subject to hydrolysis) is 1. The fourth-order valence-electron chi connectivity index (χ4n) is 3.82. The lowest BCUT2D eigenvalue weighted by molar-refractivity contribution is 0.0240. The number of rotatable bonds is 5. The number of carbonyl (C=O) groups excluding carboxylic acids is 3. The van der Waals surface area contributed by atoms with Crippen molar-refractivity contribution in [1.29, 1.82) is 0 Å². The number of cyclic esters (lactones) is 1. The summed E-state index contributed by atoms with van der Waals surface area (Å²) in [6, 6.07) is 1.46. The zero-order valence-electron chi connectivity index (χ0n) is 20.6. The van der Waals surface area contributed by atoms with E-state index in [1.165, 1.54) is 9.80 Å². The van der Waals surface area contributed by atoms with Crippen molar-refractivity contribution in [2.75, 3.05) is 49.1 Å². The molecule has 0 bridgehead atoms. The molecule has 12 heteroatoms. The van der Waals surface area contributed by atoms with Crippen LogP contribution in [0.25, 0.3) is 0 Å². The molecule has 2 aliphatic heterocycles. The molecule has 0 aromatic heterocycles. The predicted molar refractivity (Wildman–Crippen MR) is 124 cm³/mol. The number of benzene rings is 1. The van der Waals surface area contributed by atoms with Gasteiger partial charge in [0.15, 0.2) is 11.6 Å². The standard InChI is InChI=1S/C23H32F2N4O6/c1-14(2)34-20(30)26-12-16-13-33-22(32)29(16)15-10-17(24)19(18(25)11-15)27-6-8-28(9-7-27)21(31)35-23(3,4)5/h10-11,14,16H,6-9,12-13H2,1-5H3,(H,26,30)/t16-/m0/s1. The van der Waals surface area contributed by atoms with Gasteiger partial charge in [0.25, 0.3) is 0 Å². The minimum atomic E-state index is -0.851. The molecule has 2 saturated heterocycles. The fourth-order valence-corrected chi connectivity index (χ4v) is 3.82. The van der Waals surface area contributed by atoms with E-state index in [1.54, 1.807) is 34.6 Å². The van der Waals surface area contributed by atoms with Crippen molar-refractivity contribution >= 4 is 29.7 Å². The van der Waals surface area contributed by atoms with E-state index >= 15 is 8.78 Å². The van der Waals surface area contributed by atoms with Crippen LogP contribution in [0, 0.1) is 11.6 Å². The Morgan fingerprint density at radius 3 is 2.29 bits per heavy atom. The summed E-state index contributed by atoms with van der Waals surface area (Å²) < 4.78 is 45.5. The monoisotopic (exact) mass is 498 g/mol. The molecule has 0 saturated carbocycles. The van der Waals surface area contributed by atoms with Crippen LogP contribution in [0.1, 0.15) is 34.6 Å². The molecule has 194 valence electrons. The summed E-state index contributed by atoms with van der Waals surface area (Å²) in [7, 11) is 0. The molecule has 3 rings (SSSR count). The van der Waals surface area contributed by atoms with Crippen molar-refractivity contribution in [3.05, 3.63) is 23.8 Å². The van der Waals surface area contributed by atoms with Gasteiger partial charge in [-0.2, -0.15) is 0 Å². The summed E-state index contributed by atoms with van der Waals surface area (Å²) in [5.41, 5.74) is -0.899. The van der Waals surface area contributed by atoms with Crippen LogP contribution in [0.4, 0.5) is 34.5 Å². The largest absolute Gasteiger partial charge is 0.447 e. The Morgan fingerprint density at radius 1 is 1.14 bits per heavy atom. The number of hydrogen-bond donors (Lipinski definition) is 1. The molecule has 0 unspecified atom stereocenters. The normalized spacial score (nSPS) is 18.6. The van der Waals surface area contributed by atoms with Crippen molar-refractivity contribution in [2.24, 2.45) is 0 Å². The van der Waals surface area contributed by atoms with Gasteiger partial charge in [0.1, 0.15) is 17.9 Å². The van der Waals surface area contributed by atoms with Crippen LogP contribution in [0.2, 0.25) is 0 Å². The third-order valence-corrected chi connectivity index (χ3v) is 5.31. The van der Waals surface area contributed by atoms with Crippen LogP contribution < -0.4 is 15.1 Å². The van der Waals surface area contributed by atoms with Crippen LogP contribution in [0.5, 0.6) is 0 Å². The summed E-state index contributed by atoms with van der Waals surface area (Å²) in [5, 5.41) is 2.52. The van der Waals surface area contributed by atoms with E-state index in [2.05, 4.69) is 5.32 Å². The van der Waals surface area contributed by atoms with Gasteiger partial charge in [-0.1, -0.05) is 0 Å². The van der Waals surface area contributed by atoms with Crippen molar-refractivity contribution in [2.45, 2.75) is 52.4 Å². The lowest BCUT2D eigenvalue weighted by Crippen LogP contribution is -2.50. The highest BCUT2D eigenvalue weighted by molar-refractivity contribution is 5.90. The van der Waals surface area contributed by atoms with E-state index in [4.69, 9.17) is 14.2 Å². The molecular formula is C23H32F2N4O6. The average Bonchev–Trinajstić information content (AvgIpc) is 3.11. The third kappa shape index (κ3) is 6.64. The van der Waals surface area contributed by atoms with E-state index in [0.717, 1.165) is 17.0 Å². The maximum atomic E-state index is 15.1. The van der Waals surface area contributed by atoms with E-state index in [1.807, 2.05) is 0 Å². The Kier molecular flexibility index (Phi) is 7.91. The van der Waals surface area contributed by atoms with Crippen molar-refractivity contribution in [3.8, 4) is 0 Å². The molecule has 1 aromatic rings. The van der Waals surface area contributed by atoms with Crippen molar-refractivity contribution in [3.63, 3.8) is 0 Å². The highest BCUT2D eigenvalue weighted by Crippen LogP contribution is 2.32. The van der Waals surface area contributed by atoms with Gasteiger partial charge in [-0.25, -0.2) is 23.2 Å². The number of anilines is 2. The highest BCUT2D eigenvalue weighted by atomic mass is 19.1. The van der Waals surface area contributed by atoms with Gasteiger partial charge in [-0.3, -0.25) is 4.90 Å². The molecule has 3 amide bonds. The van der Waals surface area contributed by atoms with Crippen LogP contribution in [-0.4, -0.2) is 80.3 Å². The first-order valence-electron chi connectivity index (χ1n) is 11.5. The maximum Gasteiger partial charge on any atom is 0.414 e. The van der Waals surface area contributed by atoms with E-state index in [9.17, 15) is 14.4 Å². The zero-order valence-corrected chi connectivity index (χ0v) is 20.6. The number of hydrogen-bond acceptors (Lipinski definition) is 7. The van der Waals surface area contributed by atoms with Crippen LogP contribution >= 0.6 is 0 Å². The average molecular weight is 499 g/mol. The van der Waals surface area contributed by atoms with Gasteiger partial charge in [-0.05, 0) is 34.6 Å². The Labute approximate surface area is 203 Å². The second-order valence-corrected chi connectivity index (χ2v) is 9.65. The van der Waals surface area contributed by atoms with Gasteiger partial charge in [0.2, 0.25) is 0 Å². The Morgan fingerprint density at radius 2 is 1.74 bits per heavy atom. The molecule has 35 heavy (non-hydrogen) atoms. The smallest absolute Gasteiger partial charge is 0.414 e.